The van der Waals surface area contributed by atoms with Crippen LogP contribution >= 0.6 is 46.4 Å². The van der Waals surface area contributed by atoms with Gasteiger partial charge in [-0.25, -0.2) is 8.78 Å². The van der Waals surface area contributed by atoms with Crippen molar-refractivity contribution in [1.82, 2.24) is 0 Å². The van der Waals surface area contributed by atoms with Crippen LogP contribution in [0.2, 0.25) is 20.1 Å². The second-order valence-corrected chi connectivity index (χ2v) is 11.5. The van der Waals surface area contributed by atoms with Gasteiger partial charge in [0.15, 0.2) is 5.78 Å². The minimum absolute atomic E-state index is 0.0646. The molecule has 9 nitrogen and oxygen atoms in total. The third-order valence-electron chi connectivity index (χ3n) is 7.41. The summed E-state index contributed by atoms with van der Waals surface area (Å²) in [5.41, 5.74) is 15.0. The van der Waals surface area contributed by atoms with E-state index >= 15 is 8.78 Å². The third kappa shape index (κ3) is 6.30. The predicted molar refractivity (Wildman–Crippen MR) is 155 cm³/mol. The molecule has 2 aromatic rings. The number of carbonyl (C=O) groups excluding carboxylic acids is 1. The van der Waals surface area contributed by atoms with Crippen LogP contribution in [-0.4, -0.2) is 56.4 Å². The van der Waals surface area contributed by atoms with Gasteiger partial charge in [0.1, 0.15) is 11.3 Å². The highest BCUT2D eigenvalue weighted by Gasteiger charge is 2.38. The summed E-state index contributed by atoms with van der Waals surface area (Å²) in [6, 6.07) is 6.13. The summed E-state index contributed by atoms with van der Waals surface area (Å²) in [7, 11) is 0. The van der Waals surface area contributed by atoms with Gasteiger partial charge in [-0.3, -0.25) is 4.79 Å². The Morgan fingerprint density at radius 1 is 0.750 bits per heavy atom. The molecule has 212 valence electrons. The fraction of sp³-hybridized carbons (Fsp3) is 0.480. The molecular formula is C25H24Cl4F2N8O. The van der Waals surface area contributed by atoms with E-state index in [0.717, 1.165) is 0 Å². The summed E-state index contributed by atoms with van der Waals surface area (Å²) in [5.74, 6) is -0.417. The summed E-state index contributed by atoms with van der Waals surface area (Å²) >= 11 is 25.9. The lowest BCUT2D eigenvalue weighted by atomic mass is 9.91. The number of carbonyl (C=O) groups is 1. The van der Waals surface area contributed by atoms with E-state index in [9.17, 15) is 4.79 Å². The van der Waals surface area contributed by atoms with E-state index in [1.807, 2.05) is 0 Å². The Balaban J connectivity index is 1.69. The molecule has 2 aliphatic rings. The van der Waals surface area contributed by atoms with Gasteiger partial charge < -0.3 is 9.80 Å². The van der Waals surface area contributed by atoms with Gasteiger partial charge in [0.25, 0.3) is 0 Å². The SMILES string of the molecule is [N-]=[N+]=NCC1(F)CCN(c2c(C(=O)c3ccc(Cl)c(Cl)c3N3CCC(F)(CN=[N+]=[N-])CC3)ccc(Cl)c2Cl)CC1. The molecule has 0 radical (unpaired) electrons. The van der Waals surface area contributed by atoms with Gasteiger partial charge in [-0.1, -0.05) is 56.6 Å². The normalized spacial score (nSPS) is 18.1. The first-order valence-electron chi connectivity index (χ1n) is 12.4. The molecule has 2 saturated heterocycles. The molecule has 0 spiro atoms. The van der Waals surface area contributed by atoms with Crippen LogP contribution in [0.3, 0.4) is 0 Å². The van der Waals surface area contributed by atoms with E-state index in [4.69, 9.17) is 57.5 Å². The van der Waals surface area contributed by atoms with Gasteiger partial charge in [0, 0.05) is 47.1 Å². The molecule has 2 aliphatic heterocycles. The predicted octanol–water partition coefficient (Wildman–Crippen LogP) is 8.77. The number of azide groups is 2. The lowest BCUT2D eigenvalue weighted by Gasteiger charge is -2.39. The number of anilines is 2. The number of rotatable bonds is 8. The Hall–Kier alpha value is -2.65. The van der Waals surface area contributed by atoms with Crippen molar-refractivity contribution in [2.45, 2.75) is 37.0 Å². The van der Waals surface area contributed by atoms with Crippen LogP contribution in [0.5, 0.6) is 0 Å². The molecule has 0 atom stereocenters. The van der Waals surface area contributed by atoms with E-state index in [0.29, 0.717) is 11.4 Å². The van der Waals surface area contributed by atoms with Gasteiger partial charge in [-0.15, -0.1) is 0 Å². The standard InChI is InChI=1S/C25H24Cl4F2N8O/c26-17-3-1-15(21(19(17)28)38-9-5-24(30,6-10-38)13-34-36-32)23(40)16-2-4-18(27)20(29)22(16)39-11-7-25(31,8-12-39)14-35-37-33/h1-4H,5-14H2. The molecule has 0 aromatic heterocycles. The Kier molecular flexibility index (Phi) is 9.45. The van der Waals surface area contributed by atoms with Crippen LogP contribution in [0.4, 0.5) is 20.2 Å². The highest BCUT2D eigenvalue weighted by Crippen LogP contribution is 2.44. The number of ketones is 1. The number of benzene rings is 2. The van der Waals surface area contributed by atoms with Crippen molar-refractivity contribution < 1.29 is 13.6 Å². The van der Waals surface area contributed by atoms with Crippen molar-refractivity contribution in [1.29, 1.82) is 0 Å². The van der Waals surface area contributed by atoms with E-state index in [-0.39, 0.29) is 96.2 Å². The van der Waals surface area contributed by atoms with Crippen LogP contribution in [0, 0.1) is 0 Å². The summed E-state index contributed by atoms with van der Waals surface area (Å²) in [6.07, 6.45) is 0.258. The zero-order valence-corrected chi connectivity index (χ0v) is 24.2. The van der Waals surface area contributed by atoms with Gasteiger partial charge in [0.05, 0.1) is 44.6 Å². The highest BCUT2D eigenvalue weighted by atomic mass is 35.5. The third-order valence-corrected chi connectivity index (χ3v) is 9.00. The van der Waals surface area contributed by atoms with E-state index in [2.05, 4.69) is 20.1 Å². The number of piperidine rings is 2. The summed E-state index contributed by atoms with van der Waals surface area (Å²) in [6.45, 7) is 0.281. The number of hydrogen-bond acceptors (Lipinski definition) is 5. The van der Waals surface area contributed by atoms with Crippen molar-refractivity contribution in [2.24, 2.45) is 10.2 Å². The molecule has 0 unspecified atom stereocenters. The highest BCUT2D eigenvalue weighted by molar-refractivity contribution is 6.45. The summed E-state index contributed by atoms with van der Waals surface area (Å²) in [4.78, 5) is 23.0. The number of nitrogens with zero attached hydrogens (tertiary/aromatic N) is 8. The maximum Gasteiger partial charge on any atom is 0.197 e. The number of alkyl halides is 2. The lowest BCUT2D eigenvalue weighted by molar-refractivity contribution is 0.103. The molecule has 2 fully saturated rings. The Morgan fingerprint density at radius 3 is 1.43 bits per heavy atom. The molecule has 0 N–H and O–H groups in total. The molecular weight excluding hydrogens is 608 g/mol. The van der Waals surface area contributed by atoms with Crippen LogP contribution in [0.15, 0.2) is 34.5 Å². The Bertz CT molecular complexity index is 1290. The van der Waals surface area contributed by atoms with Crippen molar-refractivity contribution in [3.8, 4) is 0 Å². The average molecular weight is 632 g/mol. The first-order chi connectivity index (χ1) is 19.0. The second-order valence-electron chi connectivity index (χ2n) is 9.90. The van der Waals surface area contributed by atoms with Crippen molar-refractivity contribution >= 4 is 63.6 Å². The fourth-order valence-electron chi connectivity index (χ4n) is 5.10. The van der Waals surface area contributed by atoms with E-state index in [1.54, 1.807) is 21.9 Å². The van der Waals surface area contributed by atoms with Crippen LogP contribution < -0.4 is 9.80 Å². The van der Waals surface area contributed by atoms with Crippen molar-refractivity contribution in [2.75, 3.05) is 49.1 Å². The van der Waals surface area contributed by atoms with E-state index in [1.165, 1.54) is 12.1 Å². The Morgan fingerprint density at radius 2 is 1.10 bits per heavy atom. The first-order valence-corrected chi connectivity index (χ1v) is 13.9. The van der Waals surface area contributed by atoms with Crippen LogP contribution in [0.25, 0.3) is 20.9 Å². The molecule has 0 bridgehead atoms. The van der Waals surface area contributed by atoms with Crippen molar-refractivity contribution in [3.05, 3.63) is 76.4 Å². The molecule has 0 amide bonds. The maximum absolute atomic E-state index is 15.1. The summed E-state index contributed by atoms with van der Waals surface area (Å²) in [5, 5.41) is 7.52. The summed E-state index contributed by atoms with van der Waals surface area (Å²) < 4.78 is 30.2. The van der Waals surface area contributed by atoms with Crippen LogP contribution in [0.1, 0.15) is 41.6 Å². The molecule has 0 saturated carbocycles. The Labute approximate surface area is 249 Å². The second kappa shape index (κ2) is 12.5. The molecule has 40 heavy (non-hydrogen) atoms. The monoisotopic (exact) mass is 630 g/mol. The van der Waals surface area contributed by atoms with Gasteiger partial charge in [-0.2, -0.15) is 0 Å². The van der Waals surface area contributed by atoms with Gasteiger partial charge in [-0.05, 0) is 61.0 Å². The minimum Gasteiger partial charge on any atom is -0.369 e. The number of hydrogen-bond donors (Lipinski definition) is 0. The van der Waals surface area contributed by atoms with Crippen LogP contribution in [-0.2, 0) is 0 Å². The molecule has 15 heteroatoms. The zero-order valence-electron chi connectivity index (χ0n) is 21.1. The zero-order chi connectivity index (χ0) is 29.1. The van der Waals surface area contributed by atoms with Gasteiger partial charge in [0.2, 0.25) is 0 Å². The largest absolute Gasteiger partial charge is 0.369 e. The quantitative estimate of drug-likeness (QED) is 0.125. The topological polar surface area (TPSA) is 121 Å². The molecule has 2 aromatic carbocycles. The number of halogens is 6. The lowest BCUT2D eigenvalue weighted by Crippen LogP contribution is -2.44. The van der Waals surface area contributed by atoms with Gasteiger partial charge >= 0.3 is 0 Å². The average Bonchev–Trinajstić information content (AvgIpc) is 2.94. The minimum atomic E-state index is -1.66. The maximum atomic E-state index is 15.1. The molecule has 0 aliphatic carbocycles. The van der Waals surface area contributed by atoms with E-state index < -0.39 is 17.1 Å². The molecule has 4 rings (SSSR count). The smallest absolute Gasteiger partial charge is 0.197 e. The molecule has 2 heterocycles. The first kappa shape index (κ1) is 30.3. The fourth-order valence-corrected chi connectivity index (χ4v) is 5.98. The van der Waals surface area contributed by atoms with Crippen molar-refractivity contribution in [3.63, 3.8) is 0 Å².